The van der Waals surface area contributed by atoms with Crippen LogP contribution in [-0.2, 0) is 4.74 Å². The van der Waals surface area contributed by atoms with E-state index in [4.69, 9.17) is 16.3 Å². The molecule has 0 aromatic heterocycles. The molecule has 0 spiro atoms. The first-order chi connectivity index (χ1) is 11.1. The molecule has 0 N–H and O–H groups in total. The first-order valence-corrected chi connectivity index (χ1v) is 8.91. The number of amides is 1. The number of carbonyl (C=O) groups is 1. The molecule has 4 nitrogen and oxygen atoms in total. The molecule has 2 aliphatic rings. The summed E-state index contributed by atoms with van der Waals surface area (Å²) in [5.74, 6) is 0.452. The van der Waals surface area contributed by atoms with Crippen molar-refractivity contribution in [1.82, 2.24) is 9.80 Å². The fourth-order valence-corrected chi connectivity index (χ4v) is 4.22. The molecule has 2 fully saturated rings. The summed E-state index contributed by atoms with van der Waals surface area (Å²) in [6.45, 7) is 7.06. The van der Waals surface area contributed by atoms with Gasteiger partial charge in [0.1, 0.15) is 0 Å². The maximum Gasteiger partial charge on any atom is 0.409 e. The minimum absolute atomic E-state index is 0.168. The Balaban J connectivity index is 1.66. The average Bonchev–Trinajstić information content (AvgIpc) is 2.97. The van der Waals surface area contributed by atoms with Gasteiger partial charge in [-0.1, -0.05) is 30.7 Å². The Morgan fingerprint density at radius 2 is 2.22 bits per heavy atom. The van der Waals surface area contributed by atoms with E-state index >= 15 is 0 Å². The minimum Gasteiger partial charge on any atom is -0.450 e. The normalized spacial score (nSPS) is 26.0. The van der Waals surface area contributed by atoms with Crippen molar-refractivity contribution in [3.63, 3.8) is 0 Å². The summed E-state index contributed by atoms with van der Waals surface area (Å²) in [5, 5.41) is 0.802. The zero-order chi connectivity index (χ0) is 16.4. The third-order valence-corrected chi connectivity index (χ3v) is 5.46. The Bertz CT molecular complexity index is 566. The van der Waals surface area contributed by atoms with E-state index in [9.17, 15) is 4.79 Å². The molecule has 3 rings (SSSR count). The predicted molar refractivity (Wildman–Crippen MR) is 92.0 cm³/mol. The molecular formula is C18H25ClN2O2. The van der Waals surface area contributed by atoms with Gasteiger partial charge in [0.15, 0.2) is 0 Å². The van der Waals surface area contributed by atoms with Crippen molar-refractivity contribution < 1.29 is 9.53 Å². The Kier molecular flexibility index (Phi) is 5.12. The highest BCUT2D eigenvalue weighted by Gasteiger charge is 2.41. The van der Waals surface area contributed by atoms with Crippen molar-refractivity contribution in [3.05, 3.63) is 34.9 Å². The van der Waals surface area contributed by atoms with E-state index in [2.05, 4.69) is 24.0 Å². The summed E-state index contributed by atoms with van der Waals surface area (Å²) in [5.41, 5.74) is 1.30. The molecule has 3 atom stereocenters. The van der Waals surface area contributed by atoms with Gasteiger partial charge in [0, 0.05) is 36.7 Å². The molecule has 5 heteroatoms. The Labute approximate surface area is 143 Å². The number of hydrogen-bond donors (Lipinski definition) is 0. The standard InChI is InChI=1S/C18H25ClN2O2/c1-3-23-18(22)20-9-10-21-16(12-20)7-8-17(21)13(2)14-5-4-6-15(19)11-14/h4-6,11,13,16-17H,3,7-10,12H2,1-2H3/t13?,16-,17+/m0/s1. The molecule has 0 radical (unpaired) electrons. The van der Waals surface area contributed by atoms with Crippen LogP contribution >= 0.6 is 11.6 Å². The van der Waals surface area contributed by atoms with Gasteiger partial charge in [-0.25, -0.2) is 4.79 Å². The smallest absolute Gasteiger partial charge is 0.409 e. The molecule has 2 heterocycles. The van der Waals surface area contributed by atoms with Crippen molar-refractivity contribution in [2.75, 3.05) is 26.2 Å². The monoisotopic (exact) mass is 336 g/mol. The lowest BCUT2D eigenvalue weighted by atomic mass is 9.91. The van der Waals surface area contributed by atoms with E-state index in [-0.39, 0.29) is 6.09 Å². The van der Waals surface area contributed by atoms with Gasteiger partial charge in [-0.05, 0) is 43.4 Å². The van der Waals surface area contributed by atoms with Crippen molar-refractivity contribution in [2.45, 2.75) is 44.7 Å². The Morgan fingerprint density at radius 1 is 1.39 bits per heavy atom. The summed E-state index contributed by atoms with van der Waals surface area (Å²) < 4.78 is 5.14. The molecule has 1 aromatic rings. The van der Waals surface area contributed by atoms with Crippen molar-refractivity contribution in [1.29, 1.82) is 0 Å². The predicted octanol–water partition coefficient (Wildman–Crippen LogP) is 3.75. The second-order valence-corrected chi connectivity index (χ2v) is 6.96. The largest absolute Gasteiger partial charge is 0.450 e. The van der Waals surface area contributed by atoms with Crippen LogP contribution in [0.4, 0.5) is 4.79 Å². The lowest BCUT2D eigenvalue weighted by molar-refractivity contribution is 0.0516. The van der Waals surface area contributed by atoms with Crippen LogP contribution in [-0.4, -0.2) is 54.2 Å². The number of carbonyl (C=O) groups excluding carboxylic acids is 1. The van der Waals surface area contributed by atoms with Gasteiger partial charge < -0.3 is 9.64 Å². The number of halogens is 1. The van der Waals surface area contributed by atoms with Gasteiger partial charge >= 0.3 is 6.09 Å². The van der Waals surface area contributed by atoms with Crippen LogP contribution in [0.15, 0.2) is 24.3 Å². The molecule has 0 aliphatic carbocycles. The van der Waals surface area contributed by atoms with Gasteiger partial charge in [0.05, 0.1) is 6.61 Å². The number of piperazine rings is 1. The zero-order valence-corrected chi connectivity index (χ0v) is 14.6. The first kappa shape index (κ1) is 16.6. The van der Waals surface area contributed by atoms with Crippen molar-refractivity contribution >= 4 is 17.7 Å². The highest BCUT2D eigenvalue weighted by Crippen LogP contribution is 2.36. The highest BCUT2D eigenvalue weighted by atomic mass is 35.5. The van der Waals surface area contributed by atoms with Crippen molar-refractivity contribution in [2.24, 2.45) is 0 Å². The lowest BCUT2D eigenvalue weighted by Gasteiger charge is -2.41. The lowest BCUT2D eigenvalue weighted by Crippen LogP contribution is -2.54. The van der Waals surface area contributed by atoms with Crippen LogP contribution in [0.25, 0.3) is 0 Å². The number of rotatable bonds is 3. The van der Waals surface area contributed by atoms with Gasteiger partial charge in [-0.3, -0.25) is 4.90 Å². The van der Waals surface area contributed by atoms with Crippen LogP contribution in [0.1, 0.15) is 38.2 Å². The molecule has 1 unspecified atom stereocenters. The minimum atomic E-state index is -0.168. The zero-order valence-electron chi connectivity index (χ0n) is 13.9. The molecule has 126 valence electrons. The number of nitrogens with zero attached hydrogens (tertiary/aromatic N) is 2. The Morgan fingerprint density at radius 3 is 2.96 bits per heavy atom. The van der Waals surface area contributed by atoms with E-state index in [1.165, 1.54) is 12.0 Å². The van der Waals surface area contributed by atoms with E-state index < -0.39 is 0 Å². The molecule has 1 amide bonds. The summed E-state index contributed by atoms with van der Waals surface area (Å²) in [7, 11) is 0. The summed E-state index contributed by atoms with van der Waals surface area (Å²) in [6.07, 6.45) is 2.15. The van der Waals surface area contributed by atoms with Crippen LogP contribution in [0.2, 0.25) is 5.02 Å². The molecule has 2 saturated heterocycles. The molecule has 0 bridgehead atoms. The topological polar surface area (TPSA) is 32.8 Å². The fourth-order valence-electron chi connectivity index (χ4n) is 4.02. The number of benzene rings is 1. The number of ether oxygens (including phenoxy) is 1. The fraction of sp³-hybridized carbons (Fsp3) is 0.611. The first-order valence-electron chi connectivity index (χ1n) is 8.53. The van der Waals surface area contributed by atoms with Crippen LogP contribution < -0.4 is 0 Å². The second-order valence-electron chi connectivity index (χ2n) is 6.52. The maximum absolute atomic E-state index is 11.9. The third-order valence-electron chi connectivity index (χ3n) is 5.23. The molecule has 23 heavy (non-hydrogen) atoms. The summed E-state index contributed by atoms with van der Waals surface area (Å²) in [6, 6.07) is 9.18. The van der Waals surface area contributed by atoms with Crippen molar-refractivity contribution in [3.8, 4) is 0 Å². The average molecular weight is 337 g/mol. The number of hydrogen-bond acceptors (Lipinski definition) is 3. The van der Waals surface area contributed by atoms with Crippen LogP contribution in [0.5, 0.6) is 0 Å². The van der Waals surface area contributed by atoms with Crippen LogP contribution in [0.3, 0.4) is 0 Å². The second kappa shape index (κ2) is 7.10. The van der Waals surface area contributed by atoms with Gasteiger partial charge in [-0.2, -0.15) is 0 Å². The molecule has 1 aromatic carbocycles. The van der Waals surface area contributed by atoms with E-state index in [0.29, 0.717) is 24.6 Å². The van der Waals surface area contributed by atoms with Gasteiger partial charge in [0.2, 0.25) is 0 Å². The van der Waals surface area contributed by atoms with E-state index in [1.54, 1.807) is 0 Å². The van der Waals surface area contributed by atoms with E-state index in [1.807, 2.05) is 24.0 Å². The van der Waals surface area contributed by atoms with E-state index in [0.717, 1.165) is 31.1 Å². The maximum atomic E-state index is 11.9. The summed E-state index contributed by atoms with van der Waals surface area (Å²) >= 11 is 6.14. The molecule has 0 saturated carbocycles. The van der Waals surface area contributed by atoms with Gasteiger partial charge in [0.25, 0.3) is 0 Å². The molecular weight excluding hydrogens is 312 g/mol. The molecule has 2 aliphatic heterocycles. The van der Waals surface area contributed by atoms with Gasteiger partial charge in [-0.15, -0.1) is 0 Å². The van der Waals surface area contributed by atoms with Crippen LogP contribution in [0, 0.1) is 0 Å². The third kappa shape index (κ3) is 3.48. The SMILES string of the molecule is CCOC(=O)N1CCN2[C@@H](CC[C@@H]2C(C)c2cccc(Cl)c2)C1. The Hall–Kier alpha value is -1.26. The quantitative estimate of drug-likeness (QED) is 0.842. The highest BCUT2D eigenvalue weighted by molar-refractivity contribution is 6.30. The summed E-state index contributed by atoms with van der Waals surface area (Å²) in [4.78, 5) is 16.4. The number of fused-ring (bicyclic) bond motifs is 1.